The van der Waals surface area contributed by atoms with E-state index in [0.29, 0.717) is 5.75 Å². The van der Waals surface area contributed by atoms with Gasteiger partial charge in [0.1, 0.15) is 17.7 Å². The second-order valence-corrected chi connectivity index (χ2v) is 8.58. The van der Waals surface area contributed by atoms with Crippen LogP contribution in [0.15, 0.2) is 52.5 Å². The van der Waals surface area contributed by atoms with E-state index in [1.807, 2.05) is 0 Å². The first-order valence-electron chi connectivity index (χ1n) is 9.37. The zero-order valence-electron chi connectivity index (χ0n) is 18.1. The highest BCUT2D eigenvalue weighted by atomic mass is 32.2. The molecule has 1 amide bonds. The van der Waals surface area contributed by atoms with Crippen molar-refractivity contribution in [3.8, 4) is 17.5 Å². The van der Waals surface area contributed by atoms with E-state index >= 15 is 0 Å². The summed E-state index contributed by atoms with van der Waals surface area (Å²) in [6.07, 6.45) is 3.65. The highest BCUT2D eigenvalue weighted by Crippen LogP contribution is 2.25. The molecule has 1 heterocycles. The summed E-state index contributed by atoms with van der Waals surface area (Å²) >= 11 is 0. The maximum absolute atomic E-state index is 12.5. The molecule has 2 aromatic rings. The van der Waals surface area contributed by atoms with Gasteiger partial charge < -0.3 is 25.3 Å². The van der Waals surface area contributed by atoms with E-state index in [9.17, 15) is 13.2 Å². The van der Waals surface area contributed by atoms with Gasteiger partial charge in [0.05, 0.1) is 17.6 Å². The molecular weight excluding hydrogens is 438 g/mol. The molecule has 1 atom stereocenters. The number of benzene rings is 1. The quantitative estimate of drug-likeness (QED) is 0.389. The first-order chi connectivity index (χ1) is 15.1. The van der Waals surface area contributed by atoms with Crippen LogP contribution in [0.1, 0.15) is 17.5 Å². The maximum atomic E-state index is 12.5. The van der Waals surface area contributed by atoms with Crippen LogP contribution >= 0.6 is 0 Å². The number of nitrogens with zero attached hydrogens (tertiary/aromatic N) is 3. The number of amidine groups is 1. The number of methoxy groups -OCH3 is 1. The van der Waals surface area contributed by atoms with Gasteiger partial charge in [0.2, 0.25) is 17.6 Å². The predicted molar refractivity (Wildman–Crippen MR) is 118 cm³/mol. The minimum atomic E-state index is -3.35. The summed E-state index contributed by atoms with van der Waals surface area (Å²) in [7, 11) is -0.152. The summed E-state index contributed by atoms with van der Waals surface area (Å²) in [4.78, 5) is 24.5. The molecule has 1 unspecified atom stereocenters. The van der Waals surface area contributed by atoms with Crippen LogP contribution in [0.2, 0.25) is 0 Å². The van der Waals surface area contributed by atoms with Crippen molar-refractivity contribution in [1.29, 1.82) is 0 Å². The number of amides is 1. The Kier molecular flexibility index (Phi) is 8.67. The van der Waals surface area contributed by atoms with Crippen molar-refractivity contribution in [2.24, 2.45) is 10.7 Å². The van der Waals surface area contributed by atoms with Gasteiger partial charge in [-0.3, -0.25) is 4.79 Å². The summed E-state index contributed by atoms with van der Waals surface area (Å²) in [5, 5.41) is 2.73. The molecule has 2 rings (SSSR count). The van der Waals surface area contributed by atoms with Crippen molar-refractivity contribution in [2.75, 3.05) is 27.0 Å². The fraction of sp³-hybridized carbons (Fsp3) is 0.300. The van der Waals surface area contributed by atoms with Crippen LogP contribution in [-0.2, 0) is 14.6 Å². The molecule has 0 aliphatic carbocycles. The summed E-state index contributed by atoms with van der Waals surface area (Å²) < 4.78 is 39.6. The molecule has 0 aliphatic heterocycles. The highest BCUT2D eigenvalue weighted by molar-refractivity contribution is 7.90. The lowest BCUT2D eigenvalue weighted by molar-refractivity contribution is 0.0875. The maximum Gasteiger partial charge on any atom is 0.316 e. The molecule has 1 aromatic heterocycles. The van der Waals surface area contributed by atoms with Gasteiger partial charge in [-0.2, -0.15) is 15.0 Å². The summed E-state index contributed by atoms with van der Waals surface area (Å²) in [6, 6.07) is 7.12. The zero-order chi connectivity index (χ0) is 23.7. The number of aromatic nitrogens is 2. The molecule has 1 aromatic carbocycles. The molecule has 0 radical (unpaired) electrons. The molecule has 0 aliphatic rings. The Balaban J connectivity index is 2.37. The average Bonchev–Trinajstić information content (AvgIpc) is 2.72. The van der Waals surface area contributed by atoms with Gasteiger partial charge in [0, 0.05) is 20.4 Å². The van der Waals surface area contributed by atoms with Crippen molar-refractivity contribution in [3.63, 3.8) is 0 Å². The number of nitrogens with two attached hydrogens (primary N) is 1. The molecule has 172 valence electrons. The van der Waals surface area contributed by atoms with Gasteiger partial charge in [0.25, 0.3) is 0 Å². The number of carbonyl (C=O) groups is 1. The molecule has 0 saturated heterocycles. The molecule has 3 N–H and O–H groups in total. The SMILES string of the molecule is CN/C=C\C(N)=NC(=O)c1nc(Oc2ccc(S(C)(=O)=O)cc2)cc(OC(C)COC)n1. The van der Waals surface area contributed by atoms with Crippen LogP contribution in [0, 0.1) is 0 Å². The third-order valence-electron chi connectivity index (χ3n) is 3.72. The minimum Gasteiger partial charge on any atom is -0.472 e. The normalized spacial score (nSPS) is 13.1. The number of carbonyl (C=O) groups excluding carboxylic acids is 1. The Morgan fingerprint density at radius 1 is 1.25 bits per heavy atom. The zero-order valence-corrected chi connectivity index (χ0v) is 18.9. The van der Waals surface area contributed by atoms with E-state index < -0.39 is 15.7 Å². The van der Waals surface area contributed by atoms with Gasteiger partial charge in [0.15, 0.2) is 9.84 Å². The third kappa shape index (κ3) is 7.63. The van der Waals surface area contributed by atoms with Crippen molar-refractivity contribution >= 4 is 21.6 Å². The van der Waals surface area contributed by atoms with E-state index in [-0.39, 0.29) is 41.0 Å². The lowest BCUT2D eigenvalue weighted by atomic mass is 10.3. The van der Waals surface area contributed by atoms with Crippen LogP contribution in [0.3, 0.4) is 0 Å². The number of sulfone groups is 1. The molecule has 0 fully saturated rings. The monoisotopic (exact) mass is 463 g/mol. The molecule has 0 bridgehead atoms. The Hall–Kier alpha value is -3.51. The topological polar surface area (TPSA) is 155 Å². The molecule has 12 heteroatoms. The van der Waals surface area contributed by atoms with Crippen molar-refractivity contribution in [3.05, 3.63) is 48.4 Å². The van der Waals surface area contributed by atoms with Crippen molar-refractivity contribution < 1.29 is 27.4 Å². The van der Waals surface area contributed by atoms with Gasteiger partial charge in [-0.1, -0.05) is 0 Å². The van der Waals surface area contributed by atoms with Gasteiger partial charge in [-0.15, -0.1) is 0 Å². The average molecular weight is 464 g/mol. The van der Waals surface area contributed by atoms with Crippen LogP contribution in [0.5, 0.6) is 17.5 Å². The van der Waals surface area contributed by atoms with E-state index in [0.717, 1.165) is 6.26 Å². The summed E-state index contributed by atoms with van der Waals surface area (Å²) in [5.41, 5.74) is 5.69. The first-order valence-corrected chi connectivity index (χ1v) is 11.3. The van der Waals surface area contributed by atoms with Crippen LogP contribution in [0.4, 0.5) is 0 Å². The van der Waals surface area contributed by atoms with E-state index in [1.54, 1.807) is 14.0 Å². The number of aliphatic imine (C=N–C) groups is 1. The molecule has 0 saturated carbocycles. The molecule has 11 nitrogen and oxygen atoms in total. The number of ether oxygens (including phenoxy) is 3. The van der Waals surface area contributed by atoms with Crippen molar-refractivity contribution in [1.82, 2.24) is 15.3 Å². The van der Waals surface area contributed by atoms with Crippen LogP contribution in [-0.4, -0.2) is 63.3 Å². The number of hydrogen-bond donors (Lipinski definition) is 2. The number of rotatable bonds is 10. The summed E-state index contributed by atoms with van der Waals surface area (Å²) in [5.74, 6) is -0.790. The van der Waals surface area contributed by atoms with E-state index in [1.165, 1.54) is 49.7 Å². The largest absolute Gasteiger partial charge is 0.472 e. The molecule has 32 heavy (non-hydrogen) atoms. The number of hydrogen-bond acceptors (Lipinski definition) is 9. The minimum absolute atomic E-state index is 0.00499. The second kappa shape index (κ2) is 11.2. The number of nitrogens with one attached hydrogen (secondary N) is 1. The standard InChI is InChI=1S/C20H25N5O6S/c1-13(12-29-3)30-17-11-18(31-14-5-7-15(8-6-14)32(4,27)28)25-19(24-17)20(26)23-16(21)9-10-22-2/h5-11,13,22H,12H2,1-4H3,(H2,21,23,26)/b10-9-. The smallest absolute Gasteiger partial charge is 0.316 e. The molecular formula is C20H25N5O6S. The Bertz CT molecular complexity index is 1100. The predicted octanol–water partition coefficient (Wildman–Crippen LogP) is 1.32. The van der Waals surface area contributed by atoms with Gasteiger partial charge in [-0.05, 0) is 43.5 Å². The van der Waals surface area contributed by atoms with E-state index in [2.05, 4.69) is 20.3 Å². The van der Waals surface area contributed by atoms with E-state index in [4.69, 9.17) is 19.9 Å². The Morgan fingerprint density at radius 2 is 1.91 bits per heavy atom. The Labute approximate surface area is 186 Å². The second-order valence-electron chi connectivity index (χ2n) is 6.56. The highest BCUT2D eigenvalue weighted by Gasteiger charge is 2.16. The Morgan fingerprint density at radius 3 is 2.50 bits per heavy atom. The fourth-order valence-corrected chi connectivity index (χ4v) is 2.97. The third-order valence-corrected chi connectivity index (χ3v) is 4.85. The summed E-state index contributed by atoms with van der Waals surface area (Å²) in [6.45, 7) is 2.05. The van der Waals surface area contributed by atoms with Crippen LogP contribution < -0.4 is 20.5 Å². The van der Waals surface area contributed by atoms with Gasteiger partial charge >= 0.3 is 5.91 Å². The molecule has 0 spiro atoms. The lowest BCUT2D eigenvalue weighted by Gasteiger charge is -2.14. The van der Waals surface area contributed by atoms with Crippen LogP contribution in [0.25, 0.3) is 0 Å². The van der Waals surface area contributed by atoms with Crippen molar-refractivity contribution in [2.45, 2.75) is 17.9 Å². The fourth-order valence-electron chi connectivity index (χ4n) is 2.34. The lowest BCUT2D eigenvalue weighted by Crippen LogP contribution is -2.20. The first kappa shape index (κ1) is 24.8. The van der Waals surface area contributed by atoms with Gasteiger partial charge in [-0.25, -0.2) is 8.42 Å².